The maximum absolute atomic E-state index is 3.47. The minimum atomic E-state index is -3.47. The van der Waals surface area contributed by atoms with Gasteiger partial charge in [0.1, 0.15) is 0 Å². The molecular formula is C32H48Cl2SiZr. The third kappa shape index (κ3) is 5.36. The van der Waals surface area contributed by atoms with Crippen LogP contribution >= 0.6 is 24.8 Å². The second-order valence-corrected chi connectivity index (χ2v) is 43.0. The predicted molar refractivity (Wildman–Crippen MR) is 167 cm³/mol. The second kappa shape index (κ2) is 11.8. The van der Waals surface area contributed by atoms with Crippen molar-refractivity contribution in [3.8, 4) is 0 Å². The summed E-state index contributed by atoms with van der Waals surface area (Å²) in [7, 11) is 0. The molecule has 2 aliphatic carbocycles. The van der Waals surface area contributed by atoms with Crippen LogP contribution in [0.25, 0.3) is 12.2 Å². The Morgan fingerprint density at radius 2 is 0.972 bits per heavy atom. The van der Waals surface area contributed by atoms with Gasteiger partial charge in [-0.1, -0.05) is 0 Å². The molecule has 4 heteroatoms. The van der Waals surface area contributed by atoms with Crippen molar-refractivity contribution in [1.29, 1.82) is 0 Å². The van der Waals surface area contributed by atoms with Gasteiger partial charge in [0, 0.05) is 0 Å². The van der Waals surface area contributed by atoms with Crippen LogP contribution in [0, 0.1) is 27.7 Å². The zero-order chi connectivity index (χ0) is 24.9. The van der Waals surface area contributed by atoms with Crippen molar-refractivity contribution >= 4 is 43.8 Å². The van der Waals surface area contributed by atoms with Gasteiger partial charge in [-0.3, -0.25) is 0 Å². The van der Waals surface area contributed by atoms with E-state index in [9.17, 15) is 0 Å². The zero-order valence-corrected chi connectivity index (χ0v) is 29.4. The fraction of sp³-hybridized carbons (Fsp3) is 0.500. The van der Waals surface area contributed by atoms with Crippen molar-refractivity contribution in [2.45, 2.75) is 96.6 Å². The molecule has 0 aliphatic heterocycles. The van der Waals surface area contributed by atoms with Crippen molar-refractivity contribution < 1.29 is 17.4 Å². The quantitative estimate of drug-likeness (QED) is 0.257. The van der Waals surface area contributed by atoms with E-state index in [-0.39, 0.29) is 24.8 Å². The molecule has 0 amide bonds. The fourth-order valence-corrected chi connectivity index (χ4v) is 27.3. The average molecular weight is 623 g/mol. The van der Waals surface area contributed by atoms with E-state index in [1.807, 2.05) is 0 Å². The molecule has 0 saturated carbocycles. The van der Waals surface area contributed by atoms with Gasteiger partial charge in [-0.25, -0.2) is 0 Å². The van der Waals surface area contributed by atoms with E-state index in [0.717, 1.165) is 0 Å². The molecule has 2 aliphatic rings. The van der Waals surface area contributed by atoms with Crippen molar-refractivity contribution in [2.75, 3.05) is 0 Å². The van der Waals surface area contributed by atoms with Crippen molar-refractivity contribution in [2.24, 2.45) is 0 Å². The Morgan fingerprint density at radius 1 is 0.639 bits per heavy atom. The minimum Gasteiger partial charge on any atom is -0.147 e. The van der Waals surface area contributed by atoms with Gasteiger partial charge in [0.15, 0.2) is 0 Å². The van der Waals surface area contributed by atoms with Crippen LogP contribution in [0.5, 0.6) is 0 Å². The summed E-state index contributed by atoms with van der Waals surface area (Å²) >= 11 is -3.47. The molecule has 0 spiro atoms. The van der Waals surface area contributed by atoms with Crippen molar-refractivity contribution in [3.63, 3.8) is 0 Å². The summed E-state index contributed by atoms with van der Waals surface area (Å²) in [5.41, 5.74) is 16.0. The molecule has 4 rings (SSSR count). The monoisotopic (exact) mass is 620 g/mol. The largest absolute Gasteiger partial charge is 0.147 e. The maximum Gasteiger partial charge on any atom is -0.147 e. The molecule has 2 atom stereocenters. The average Bonchev–Trinajstić information content (AvgIpc) is 3.38. The maximum atomic E-state index is 2.82. The number of halogens is 2. The number of hydrogen-bond acceptors (Lipinski definition) is 0. The van der Waals surface area contributed by atoms with Gasteiger partial charge >= 0.3 is 213 Å². The summed E-state index contributed by atoms with van der Waals surface area (Å²) in [6.07, 6.45) is 13.0. The van der Waals surface area contributed by atoms with Crippen LogP contribution < -0.4 is 0 Å². The summed E-state index contributed by atoms with van der Waals surface area (Å²) in [6.45, 7) is 16.6. The topological polar surface area (TPSA) is 0 Å². The first-order chi connectivity index (χ1) is 16.0. The Bertz CT molecular complexity index is 1170. The number of benzene rings is 2. The standard InChI is InChI=1S/2C15H19.2CH3.2ClH.H2Si.Zr/c2*1-4-5-6-13-9-14-11(2)7-8-12(3)15(14)10-13;;;;;;/h2*7-10H,4-6H2,1-3H3;2*1H3;2*1H;1H2;. The van der Waals surface area contributed by atoms with Gasteiger partial charge in [0.25, 0.3) is 0 Å². The van der Waals surface area contributed by atoms with Gasteiger partial charge in [0.05, 0.1) is 0 Å². The van der Waals surface area contributed by atoms with E-state index < -0.39 is 17.4 Å². The molecule has 198 valence electrons. The van der Waals surface area contributed by atoms with Gasteiger partial charge < -0.3 is 0 Å². The predicted octanol–water partition coefficient (Wildman–Crippen LogP) is 10.1. The van der Waals surface area contributed by atoms with Crippen molar-refractivity contribution in [3.05, 3.63) is 79.9 Å². The van der Waals surface area contributed by atoms with Gasteiger partial charge in [-0.05, 0) is 0 Å². The van der Waals surface area contributed by atoms with Crippen LogP contribution in [-0.4, -0.2) is 6.88 Å². The molecule has 0 fully saturated rings. The molecule has 0 N–H and O–H groups in total. The van der Waals surface area contributed by atoms with Crippen LogP contribution in [-0.2, 0) is 17.4 Å². The first-order valence-corrected chi connectivity index (χ1v) is 27.4. The SMILES string of the molecule is CCCCC1=Cc2c(C)ccc(C)c2[CH]1[Zr]([CH3])([CH3])(=[SiH2])[CH]1C(CCCC)=Cc2c(C)ccc(C)c21.Cl.Cl. The molecule has 0 saturated heterocycles. The van der Waals surface area contributed by atoms with Crippen LogP contribution in [0.2, 0.25) is 9.26 Å². The summed E-state index contributed by atoms with van der Waals surface area (Å²) in [6, 6.07) is 9.50. The van der Waals surface area contributed by atoms with E-state index in [0.29, 0.717) is 7.25 Å². The molecule has 0 heterocycles. The molecule has 0 nitrogen and oxygen atoms in total. The van der Waals surface area contributed by atoms with Gasteiger partial charge in [0.2, 0.25) is 0 Å². The van der Waals surface area contributed by atoms with Crippen molar-refractivity contribution in [1.82, 2.24) is 0 Å². The van der Waals surface area contributed by atoms with Crippen LogP contribution in [0.1, 0.15) is 104 Å². The van der Waals surface area contributed by atoms with Crippen LogP contribution in [0.4, 0.5) is 0 Å². The number of fused-ring (bicyclic) bond motifs is 2. The Balaban J connectivity index is 0.00000228. The summed E-state index contributed by atoms with van der Waals surface area (Å²) in [5, 5.41) is 0. The zero-order valence-electron chi connectivity index (χ0n) is 23.9. The smallest absolute Gasteiger partial charge is 0.147 e. The number of hydrogen-bond donors (Lipinski definition) is 0. The Labute approximate surface area is 236 Å². The first-order valence-electron chi connectivity index (χ1n) is 13.7. The molecule has 0 bridgehead atoms. The second-order valence-electron chi connectivity index (χ2n) is 12.5. The van der Waals surface area contributed by atoms with Crippen LogP contribution in [0.15, 0.2) is 35.4 Å². The van der Waals surface area contributed by atoms with E-state index >= 15 is 0 Å². The summed E-state index contributed by atoms with van der Waals surface area (Å²) in [4.78, 5) is 0. The molecule has 2 aromatic rings. The molecule has 2 aromatic carbocycles. The molecule has 36 heavy (non-hydrogen) atoms. The molecule has 0 radical (unpaired) electrons. The Hall–Kier alpha value is -0.400. The summed E-state index contributed by atoms with van der Waals surface area (Å²) in [5.74, 6) is 0. The first kappa shape index (κ1) is 31.8. The number of rotatable bonds is 8. The Morgan fingerprint density at radius 3 is 1.31 bits per heavy atom. The third-order valence-corrected chi connectivity index (χ3v) is 26.4. The number of allylic oxidation sites excluding steroid dienone is 2. The third-order valence-electron chi connectivity index (χ3n) is 8.96. The molecule has 0 aromatic heterocycles. The summed E-state index contributed by atoms with van der Waals surface area (Å²) < 4.78 is 6.95. The van der Waals surface area contributed by atoms with E-state index in [1.165, 1.54) is 60.8 Å². The van der Waals surface area contributed by atoms with E-state index in [1.54, 1.807) is 33.4 Å². The number of unbranched alkanes of at least 4 members (excludes halogenated alkanes) is 2. The van der Waals surface area contributed by atoms with Gasteiger partial charge in [-0.2, -0.15) is 0 Å². The molecular weight excluding hydrogens is 575 g/mol. The van der Waals surface area contributed by atoms with Gasteiger partial charge in [-0.15, -0.1) is 24.8 Å². The normalized spacial score (nSPS) is 18.6. The fourth-order valence-electron chi connectivity index (χ4n) is 7.29. The molecule has 2 unspecified atom stereocenters. The Kier molecular flexibility index (Phi) is 10.4. The van der Waals surface area contributed by atoms with E-state index in [2.05, 4.69) is 94.1 Å². The van der Waals surface area contributed by atoms with E-state index in [4.69, 9.17) is 0 Å². The van der Waals surface area contributed by atoms with Crippen LogP contribution in [0.3, 0.4) is 0 Å². The minimum absolute atomic E-state index is 0. The number of aryl methyl sites for hydroxylation is 4.